The van der Waals surface area contributed by atoms with E-state index in [1.807, 2.05) is 30.3 Å². The highest BCUT2D eigenvalue weighted by molar-refractivity contribution is 5.90. The van der Waals surface area contributed by atoms with Gasteiger partial charge in [0.1, 0.15) is 0 Å². The monoisotopic (exact) mass is 286 g/mol. The number of H-pyrrole nitrogens is 1. The molecule has 0 aliphatic carbocycles. The number of urea groups is 1. The molecule has 0 fully saturated rings. The Morgan fingerprint density at radius 1 is 1.29 bits per heavy atom. The molecule has 3 rings (SSSR count). The van der Waals surface area contributed by atoms with E-state index in [4.69, 9.17) is 5.11 Å². The number of carbonyl (C=O) groups is 2. The number of hydrogen-bond acceptors (Lipinski definition) is 3. The van der Waals surface area contributed by atoms with Gasteiger partial charge in [0.15, 0.2) is 5.69 Å². The number of hydrogen-bond donors (Lipinski definition) is 3. The largest absolute Gasteiger partial charge is 0.476 e. The molecule has 0 saturated heterocycles. The summed E-state index contributed by atoms with van der Waals surface area (Å²) >= 11 is 0. The molecule has 7 heteroatoms. The molecule has 1 aliphatic heterocycles. The molecule has 7 nitrogen and oxygen atoms in total. The summed E-state index contributed by atoms with van der Waals surface area (Å²) in [7, 11) is 0. The minimum Gasteiger partial charge on any atom is -0.476 e. The average Bonchev–Trinajstić information content (AvgIpc) is 2.91. The lowest BCUT2D eigenvalue weighted by molar-refractivity contribution is 0.0689. The summed E-state index contributed by atoms with van der Waals surface area (Å²) in [5, 5.41) is 18.3. The van der Waals surface area contributed by atoms with Crippen molar-refractivity contribution in [1.82, 2.24) is 15.1 Å². The molecule has 108 valence electrons. The van der Waals surface area contributed by atoms with E-state index >= 15 is 0 Å². The first-order valence-electron chi connectivity index (χ1n) is 6.55. The van der Waals surface area contributed by atoms with Crippen LogP contribution in [0, 0.1) is 0 Å². The van der Waals surface area contributed by atoms with Gasteiger partial charge in [-0.15, -0.1) is 0 Å². The van der Waals surface area contributed by atoms with Crippen molar-refractivity contribution in [2.75, 3.05) is 11.9 Å². The molecule has 0 radical (unpaired) electrons. The summed E-state index contributed by atoms with van der Waals surface area (Å²) in [5.74, 6) is -1.05. The van der Waals surface area contributed by atoms with E-state index in [0.717, 1.165) is 5.69 Å². The smallest absolute Gasteiger partial charge is 0.356 e. The van der Waals surface area contributed by atoms with Gasteiger partial charge in [-0.25, -0.2) is 9.59 Å². The molecule has 2 aromatic rings. The fourth-order valence-corrected chi connectivity index (χ4v) is 2.39. The standard InChI is InChI=1S/C14H14N4O3/c19-13(20)12-10-6-7-18(8-11(10)16-17-12)14(21)15-9-4-2-1-3-5-9/h1-5H,6-8H2,(H,15,21)(H,16,17)(H,19,20). The van der Waals surface area contributed by atoms with Gasteiger partial charge in [0.05, 0.1) is 12.2 Å². The zero-order valence-electron chi connectivity index (χ0n) is 11.2. The van der Waals surface area contributed by atoms with Gasteiger partial charge < -0.3 is 15.3 Å². The number of benzene rings is 1. The van der Waals surface area contributed by atoms with Crippen LogP contribution in [0.4, 0.5) is 10.5 Å². The van der Waals surface area contributed by atoms with Crippen LogP contribution in [0.15, 0.2) is 30.3 Å². The van der Waals surface area contributed by atoms with Gasteiger partial charge in [0.25, 0.3) is 0 Å². The highest BCUT2D eigenvalue weighted by Crippen LogP contribution is 2.21. The van der Waals surface area contributed by atoms with Gasteiger partial charge in [-0.3, -0.25) is 5.10 Å². The second kappa shape index (κ2) is 5.28. The summed E-state index contributed by atoms with van der Waals surface area (Å²) in [6, 6.07) is 8.98. The fraction of sp³-hybridized carbons (Fsp3) is 0.214. The van der Waals surface area contributed by atoms with E-state index in [0.29, 0.717) is 30.8 Å². The Bertz CT molecular complexity index is 681. The second-order valence-electron chi connectivity index (χ2n) is 4.80. The minimum atomic E-state index is -1.05. The zero-order valence-corrected chi connectivity index (χ0v) is 11.2. The number of carboxylic acids is 1. The van der Waals surface area contributed by atoms with Crippen molar-refractivity contribution in [3.8, 4) is 0 Å². The number of aromatic amines is 1. The van der Waals surface area contributed by atoms with E-state index in [9.17, 15) is 9.59 Å². The molecular formula is C14H14N4O3. The first-order valence-corrected chi connectivity index (χ1v) is 6.55. The van der Waals surface area contributed by atoms with Crippen molar-refractivity contribution in [2.24, 2.45) is 0 Å². The number of carboxylic acid groups (broad SMARTS) is 1. The van der Waals surface area contributed by atoms with Crippen molar-refractivity contribution in [3.05, 3.63) is 47.3 Å². The van der Waals surface area contributed by atoms with Gasteiger partial charge in [-0.1, -0.05) is 18.2 Å². The number of nitrogens with one attached hydrogen (secondary N) is 2. The summed E-state index contributed by atoms with van der Waals surface area (Å²) in [6.45, 7) is 0.791. The first kappa shape index (κ1) is 13.2. The molecule has 0 saturated carbocycles. The maximum atomic E-state index is 12.2. The van der Waals surface area contributed by atoms with Crippen LogP contribution in [0.1, 0.15) is 21.7 Å². The minimum absolute atomic E-state index is 0.0492. The summed E-state index contributed by atoms with van der Waals surface area (Å²) in [6.07, 6.45) is 0.482. The molecule has 2 amide bonds. The van der Waals surface area contributed by atoms with Gasteiger partial charge in [0, 0.05) is 17.8 Å². The Hall–Kier alpha value is -2.83. The maximum absolute atomic E-state index is 12.2. The molecule has 1 aromatic heterocycles. The Balaban J connectivity index is 1.71. The number of rotatable bonds is 2. The van der Waals surface area contributed by atoms with Crippen molar-refractivity contribution in [3.63, 3.8) is 0 Å². The van der Waals surface area contributed by atoms with E-state index < -0.39 is 5.97 Å². The number of fused-ring (bicyclic) bond motifs is 1. The van der Waals surface area contributed by atoms with Gasteiger partial charge >= 0.3 is 12.0 Å². The third-order valence-electron chi connectivity index (χ3n) is 3.45. The summed E-state index contributed by atoms with van der Waals surface area (Å²) in [4.78, 5) is 24.8. The molecule has 21 heavy (non-hydrogen) atoms. The third-order valence-corrected chi connectivity index (χ3v) is 3.45. The number of amides is 2. The normalized spacial score (nSPS) is 13.6. The Morgan fingerprint density at radius 2 is 2.05 bits per heavy atom. The molecule has 0 unspecified atom stereocenters. The first-order chi connectivity index (χ1) is 10.1. The molecule has 1 aromatic carbocycles. The number of nitrogens with zero attached hydrogens (tertiary/aromatic N) is 2. The molecule has 3 N–H and O–H groups in total. The molecule has 2 heterocycles. The van der Waals surface area contributed by atoms with Crippen LogP contribution in [-0.4, -0.2) is 38.7 Å². The predicted octanol–water partition coefficient (Wildman–Crippen LogP) is 1.70. The van der Waals surface area contributed by atoms with Gasteiger partial charge in [0.2, 0.25) is 0 Å². The van der Waals surface area contributed by atoms with Gasteiger partial charge in [-0.05, 0) is 18.6 Å². The SMILES string of the molecule is O=C(O)c1n[nH]c2c1CCN(C(=O)Nc1ccccc1)C2. The highest BCUT2D eigenvalue weighted by atomic mass is 16.4. The number of para-hydroxylation sites is 1. The van der Waals surface area contributed by atoms with E-state index in [1.54, 1.807) is 4.90 Å². The number of anilines is 1. The Morgan fingerprint density at radius 3 is 2.76 bits per heavy atom. The van der Waals surface area contributed by atoms with Crippen molar-refractivity contribution in [1.29, 1.82) is 0 Å². The average molecular weight is 286 g/mol. The number of carbonyl (C=O) groups excluding carboxylic acids is 1. The zero-order chi connectivity index (χ0) is 14.8. The van der Waals surface area contributed by atoms with Crippen LogP contribution in [0.25, 0.3) is 0 Å². The van der Waals surface area contributed by atoms with Crippen LogP contribution in [0.3, 0.4) is 0 Å². The van der Waals surface area contributed by atoms with Crippen molar-refractivity contribution in [2.45, 2.75) is 13.0 Å². The highest BCUT2D eigenvalue weighted by Gasteiger charge is 2.27. The Kier molecular flexibility index (Phi) is 3.31. The summed E-state index contributed by atoms with van der Waals surface area (Å²) in [5.41, 5.74) is 2.14. The van der Waals surface area contributed by atoms with E-state index in [1.165, 1.54) is 0 Å². The van der Waals surface area contributed by atoms with Crippen LogP contribution < -0.4 is 5.32 Å². The lowest BCUT2D eigenvalue weighted by Gasteiger charge is -2.26. The van der Waals surface area contributed by atoms with Crippen LogP contribution in [0.5, 0.6) is 0 Å². The van der Waals surface area contributed by atoms with Crippen LogP contribution in [0.2, 0.25) is 0 Å². The van der Waals surface area contributed by atoms with Crippen molar-refractivity contribution < 1.29 is 14.7 Å². The van der Waals surface area contributed by atoms with E-state index in [2.05, 4.69) is 15.5 Å². The van der Waals surface area contributed by atoms with E-state index in [-0.39, 0.29) is 11.7 Å². The predicted molar refractivity (Wildman–Crippen MR) is 75.1 cm³/mol. The second-order valence-corrected chi connectivity index (χ2v) is 4.80. The third kappa shape index (κ3) is 2.58. The molecule has 1 aliphatic rings. The lowest BCUT2D eigenvalue weighted by atomic mass is 10.0. The van der Waals surface area contributed by atoms with Crippen LogP contribution in [-0.2, 0) is 13.0 Å². The van der Waals surface area contributed by atoms with Crippen molar-refractivity contribution >= 4 is 17.7 Å². The molecule has 0 spiro atoms. The topological polar surface area (TPSA) is 98.3 Å². The number of aromatic nitrogens is 2. The van der Waals surface area contributed by atoms with Gasteiger partial charge in [-0.2, -0.15) is 5.10 Å². The molecular weight excluding hydrogens is 272 g/mol. The van der Waals surface area contributed by atoms with Crippen LogP contribution >= 0.6 is 0 Å². The number of aromatic carboxylic acids is 1. The molecule has 0 bridgehead atoms. The quantitative estimate of drug-likeness (QED) is 0.782. The molecule has 0 atom stereocenters. The summed E-state index contributed by atoms with van der Waals surface area (Å²) < 4.78 is 0. The maximum Gasteiger partial charge on any atom is 0.356 e. The lowest BCUT2D eigenvalue weighted by Crippen LogP contribution is -2.39. The Labute approximate surface area is 120 Å². The fourth-order valence-electron chi connectivity index (χ4n) is 2.39.